The van der Waals surface area contributed by atoms with Gasteiger partial charge in [0, 0.05) is 18.6 Å². The van der Waals surface area contributed by atoms with Crippen molar-refractivity contribution in [3.63, 3.8) is 0 Å². The summed E-state index contributed by atoms with van der Waals surface area (Å²) < 4.78 is 14.8. The highest BCUT2D eigenvalue weighted by molar-refractivity contribution is 6.02. The zero-order valence-electron chi connectivity index (χ0n) is 19.0. The standard InChI is InChI=1S/C25H36O3/c1-16-8-6-10-17(2)12-13-25(5)22-20(14-18(3)11-7-9-16)28-15-19(4)21(22)23(26)24(25)27/h8,12,14,19-20,22,26H,6-7,9-11,13,15H2,1-5H3/b16-8+,17-12+,18-14+/t19-,20-,22-,25+/m1/s1/i11D/t11?,19-,20-,22-,25+. The summed E-state index contributed by atoms with van der Waals surface area (Å²) in [6.45, 7) is 10.8. The molecule has 1 unspecified atom stereocenters. The molecule has 0 amide bonds. The van der Waals surface area contributed by atoms with E-state index in [1.165, 1.54) is 11.1 Å². The Morgan fingerprint density at radius 2 is 1.89 bits per heavy atom. The number of carbonyl (C=O) groups excluding carboxylic acids is 1. The summed E-state index contributed by atoms with van der Waals surface area (Å²) in [5.74, 6) is -0.341. The van der Waals surface area contributed by atoms with Gasteiger partial charge in [-0.1, -0.05) is 48.8 Å². The fourth-order valence-electron chi connectivity index (χ4n) is 4.91. The topological polar surface area (TPSA) is 46.5 Å². The number of carbonyl (C=O) groups is 1. The van der Waals surface area contributed by atoms with Crippen LogP contribution in [-0.2, 0) is 9.53 Å². The normalized spacial score (nSPS) is 44.1. The van der Waals surface area contributed by atoms with Gasteiger partial charge in [-0.3, -0.25) is 4.79 Å². The molecule has 0 aromatic rings. The van der Waals surface area contributed by atoms with E-state index in [9.17, 15) is 9.90 Å². The van der Waals surface area contributed by atoms with Crippen molar-refractivity contribution in [1.29, 1.82) is 0 Å². The molecule has 154 valence electrons. The van der Waals surface area contributed by atoms with Crippen LogP contribution in [0.5, 0.6) is 0 Å². The van der Waals surface area contributed by atoms with Gasteiger partial charge in [-0.25, -0.2) is 0 Å². The molecule has 0 saturated carbocycles. The number of hydrogen-bond acceptors (Lipinski definition) is 3. The van der Waals surface area contributed by atoms with Crippen molar-refractivity contribution in [3.8, 4) is 0 Å². The van der Waals surface area contributed by atoms with E-state index >= 15 is 0 Å². The van der Waals surface area contributed by atoms with Gasteiger partial charge in [0.25, 0.3) is 0 Å². The Morgan fingerprint density at radius 3 is 2.64 bits per heavy atom. The average Bonchev–Trinajstić information content (AvgIpc) is 2.88. The van der Waals surface area contributed by atoms with Crippen LogP contribution in [0, 0.1) is 17.3 Å². The molecule has 0 bridgehead atoms. The van der Waals surface area contributed by atoms with Gasteiger partial charge in [-0.05, 0) is 64.8 Å². The molecule has 1 N–H and O–H groups in total. The largest absolute Gasteiger partial charge is 0.504 e. The number of ketones is 1. The highest BCUT2D eigenvalue weighted by atomic mass is 16.5. The molecule has 1 fully saturated rings. The van der Waals surface area contributed by atoms with E-state index < -0.39 is 5.41 Å². The maximum atomic E-state index is 13.2. The van der Waals surface area contributed by atoms with Gasteiger partial charge < -0.3 is 9.84 Å². The summed E-state index contributed by atoms with van der Waals surface area (Å²) in [5, 5.41) is 10.7. The zero-order valence-corrected chi connectivity index (χ0v) is 18.0. The Bertz CT molecular complexity index is 788. The second kappa shape index (κ2) is 8.41. The number of aliphatic hydroxyl groups is 1. The SMILES string of the molecule is [2H]C1CC/C(C)=C/CC/C(C)=C/C[C@]2(C)C(=O)C(O)=C3[C@H](C)CO[C@H](/C=C/1C)[C@H]32. The van der Waals surface area contributed by atoms with Gasteiger partial charge in [0.15, 0.2) is 5.76 Å². The third-order valence-corrected chi connectivity index (χ3v) is 6.77. The van der Waals surface area contributed by atoms with Crippen molar-refractivity contribution >= 4 is 5.78 Å². The van der Waals surface area contributed by atoms with Crippen molar-refractivity contribution in [3.05, 3.63) is 46.3 Å². The second-order valence-electron chi connectivity index (χ2n) is 9.22. The molecule has 3 nitrogen and oxygen atoms in total. The highest BCUT2D eigenvalue weighted by Gasteiger charge is 2.56. The Labute approximate surface area is 171 Å². The van der Waals surface area contributed by atoms with E-state index in [1.54, 1.807) is 0 Å². The molecule has 0 aromatic heterocycles. The van der Waals surface area contributed by atoms with Crippen LogP contribution < -0.4 is 0 Å². The van der Waals surface area contributed by atoms with E-state index in [1.807, 2.05) is 26.8 Å². The molecule has 1 heterocycles. The molecule has 0 radical (unpaired) electrons. The highest BCUT2D eigenvalue weighted by Crippen LogP contribution is 2.53. The third-order valence-electron chi connectivity index (χ3n) is 6.77. The predicted molar refractivity (Wildman–Crippen MR) is 114 cm³/mol. The number of aliphatic hydroxyl groups excluding tert-OH is 1. The van der Waals surface area contributed by atoms with Gasteiger partial charge >= 0.3 is 0 Å². The number of allylic oxidation sites excluding steroid dienone is 6. The van der Waals surface area contributed by atoms with Gasteiger partial charge in [0.1, 0.15) is 0 Å². The van der Waals surface area contributed by atoms with E-state index in [0.29, 0.717) is 13.0 Å². The summed E-state index contributed by atoms with van der Waals surface area (Å²) in [4.78, 5) is 13.2. The molecule has 0 aromatic carbocycles. The number of Topliss-reactive ketones (excluding diaryl/α,β-unsaturated/α-hetero) is 1. The zero-order chi connectivity index (χ0) is 21.3. The maximum absolute atomic E-state index is 13.2. The van der Waals surface area contributed by atoms with Crippen molar-refractivity contribution in [2.45, 2.75) is 79.2 Å². The lowest BCUT2D eigenvalue weighted by molar-refractivity contribution is -0.129. The Morgan fingerprint density at radius 1 is 1.18 bits per heavy atom. The molecular formula is C25H36O3. The molecule has 5 atom stereocenters. The fraction of sp³-hybridized carbons (Fsp3) is 0.640. The summed E-state index contributed by atoms with van der Waals surface area (Å²) in [5.41, 5.74) is 3.75. The lowest BCUT2D eigenvalue weighted by atomic mass is 9.68. The first-order valence-electron chi connectivity index (χ1n) is 11.2. The van der Waals surface area contributed by atoms with E-state index in [4.69, 9.17) is 6.11 Å². The van der Waals surface area contributed by atoms with E-state index in [-0.39, 0.29) is 35.9 Å². The van der Waals surface area contributed by atoms with Crippen LogP contribution in [0.2, 0.25) is 0 Å². The summed E-state index contributed by atoms with van der Waals surface area (Å²) in [6, 6.07) is 0. The minimum atomic E-state index is -0.708. The number of hydrogen-bond donors (Lipinski definition) is 1. The third kappa shape index (κ3) is 4.05. The van der Waals surface area contributed by atoms with Crippen LogP contribution in [-0.4, -0.2) is 23.6 Å². The quantitative estimate of drug-likeness (QED) is 0.503. The van der Waals surface area contributed by atoms with Crippen molar-refractivity contribution in [1.82, 2.24) is 0 Å². The van der Waals surface area contributed by atoms with E-state index in [2.05, 4.69) is 26.0 Å². The molecule has 1 saturated heterocycles. The smallest absolute Gasteiger partial charge is 0.203 e. The number of rotatable bonds is 0. The Balaban J connectivity index is 2.04. The average molecular weight is 386 g/mol. The van der Waals surface area contributed by atoms with Crippen LogP contribution in [0.4, 0.5) is 0 Å². The van der Waals surface area contributed by atoms with Crippen molar-refractivity contribution in [2.24, 2.45) is 17.3 Å². The van der Waals surface area contributed by atoms with Gasteiger partial charge in [-0.2, -0.15) is 0 Å². The maximum Gasteiger partial charge on any atom is 0.203 e. The molecule has 2 aliphatic carbocycles. The lowest BCUT2D eigenvalue weighted by Crippen LogP contribution is -2.43. The first-order valence-corrected chi connectivity index (χ1v) is 10.7. The molecule has 3 aliphatic rings. The first kappa shape index (κ1) is 19.7. The lowest BCUT2D eigenvalue weighted by Gasteiger charge is -2.41. The van der Waals surface area contributed by atoms with Crippen molar-refractivity contribution in [2.75, 3.05) is 6.61 Å². The Hall–Kier alpha value is -1.61. The first-order chi connectivity index (χ1) is 13.6. The van der Waals surface area contributed by atoms with Crippen LogP contribution in [0.25, 0.3) is 0 Å². The fourth-order valence-corrected chi connectivity index (χ4v) is 4.91. The van der Waals surface area contributed by atoms with Crippen LogP contribution in [0.3, 0.4) is 0 Å². The van der Waals surface area contributed by atoms with Gasteiger partial charge in [0.05, 0.1) is 12.7 Å². The summed E-state index contributed by atoms with van der Waals surface area (Å²) >= 11 is 0. The van der Waals surface area contributed by atoms with Crippen LogP contribution in [0.1, 0.15) is 74.5 Å². The van der Waals surface area contributed by atoms with E-state index in [0.717, 1.165) is 36.8 Å². The van der Waals surface area contributed by atoms with Crippen LogP contribution in [0.15, 0.2) is 46.3 Å². The van der Waals surface area contributed by atoms with Gasteiger partial charge in [0.2, 0.25) is 5.78 Å². The molecule has 1 aliphatic heterocycles. The second-order valence-corrected chi connectivity index (χ2v) is 9.22. The van der Waals surface area contributed by atoms with Crippen LogP contribution >= 0.6 is 0 Å². The van der Waals surface area contributed by atoms with Crippen molar-refractivity contribution < 1.29 is 16.0 Å². The molecule has 3 rings (SSSR count). The minimum Gasteiger partial charge on any atom is -0.504 e. The Kier molecular flexibility index (Phi) is 5.91. The molecule has 0 spiro atoms. The summed E-state index contributed by atoms with van der Waals surface area (Å²) in [6.07, 6.45) is 10.2. The summed E-state index contributed by atoms with van der Waals surface area (Å²) in [7, 11) is 0. The molecule has 3 heteroatoms. The minimum absolute atomic E-state index is 0.0292. The molecular weight excluding hydrogens is 348 g/mol. The van der Waals surface area contributed by atoms with Gasteiger partial charge in [-0.15, -0.1) is 0 Å². The predicted octanol–water partition coefficient (Wildman–Crippen LogP) is 6.23. The molecule has 28 heavy (non-hydrogen) atoms. The monoisotopic (exact) mass is 385 g/mol. The number of ether oxygens (including phenoxy) is 1.